The van der Waals surface area contributed by atoms with E-state index in [1.54, 1.807) is 17.0 Å². The molecule has 1 unspecified atom stereocenters. The van der Waals surface area contributed by atoms with Gasteiger partial charge in [-0.2, -0.15) is 5.26 Å². The molecule has 1 amide bonds. The third kappa shape index (κ3) is 5.03. The van der Waals surface area contributed by atoms with E-state index in [9.17, 15) is 14.9 Å². The number of pyridine rings is 1. The van der Waals surface area contributed by atoms with Gasteiger partial charge in [0.2, 0.25) is 11.0 Å². The summed E-state index contributed by atoms with van der Waals surface area (Å²) in [5.74, 6) is -0.466. The normalized spacial score (nSPS) is 17.3. The van der Waals surface area contributed by atoms with Gasteiger partial charge >= 0.3 is 0 Å². The highest BCUT2D eigenvalue weighted by Crippen LogP contribution is 2.47. The lowest BCUT2D eigenvalue weighted by molar-refractivity contribution is -0.116. The van der Waals surface area contributed by atoms with Crippen LogP contribution in [0.5, 0.6) is 0 Å². The van der Waals surface area contributed by atoms with Crippen LogP contribution in [0.3, 0.4) is 0 Å². The van der Waals surface area contributed by atoms with E-state index in [2.05, 4.69) is 26.6 Å². The maximum absolute atomic E-state index is 13.2. The Balaban J connectivity index is 1.43. The summed E-state index contributed by atoms with van der Waals surface area (Å²) in [5, 5.41) is 22.0. The maximum atomic E-state index is 13.2. The Bertz CT molecular complexity index is 1540. The number of hydrogen-bond acceptors (Lipinski definition) is 10. The number of benzene rings is 1. The standard InChI is InChI=1S/C26H22ClN7O2S2/c1-14-5-2-6-15(11-14)21-16(12-28)24(29)34(18-8-3-9-19(35)22(18)21)25-32-33-26(38-25)37-13-20(36)31-17-7-4-10-30-23(17)27/h2,4-7,10-11,21H,3,8-9,13,29H2,1H3,(H,31,36). The predicted octanol–water partition coefficient (Wildman–Crippen LogP) is 4.93. The summed E-state index contributed by atoms with van der Waals surface area (Å²) in [5.41, 5.74) is 10.6. The summed E-state index contributed by atoms with van der Waals surface area (Å²) in [7, 11) is 0. The number of ketones is 1. The minimum Gasteiger partial charge on any atom is -0.384 e. The second-order valence-corrected chi connectivity index (χ2v) is 11.3. The number of carbonyl (C=O) groups is 2. The van der Waals surface area contributed by atoms with E-state index in [0.717, 1.165) is 16.8 Å². The number of aryl methyl sites for hydroxylation is 1. The number of hydrogen-bond donors (Lipinski definition) is 2. The fourth-order valence-electron chi connectivity index (χ4n) is 4.63. The highest BCUT2D eigenvalue weighted by atomic mass is 35.5. The minimum absolute atomic E-state index is 0.00727. The third-order valence-corrected chi connectivity index (χ3v) is 8.58. The topological polar surface area (TPSA) is 138 Å². The molecular formula is C26H22ClN7O2S2. The van der Waals surface area contributed by atoms with E-state index in [1.807, 2.05) is 31.2 Å². The zero-order valence-corrected chi connectivity index (χ0v) is 22.7. The average Bonchev–Trinajstić information content (AvgIpc) is 3.37. The number of aromatic nitrogens is 3. The number of amides is 1. The Morgan fingerprint density at radius 3 is 2.92 bits per heavy atom. The molecule has 0 fully saturated rings. The first-order valence-corrected chi connectivity index (χ1v) is 13.9. The molecule has 0 radical (unpaired) electrons. The van der Waals surface area contributed by atoms with Crippen molar-refractivity contribution in [1.29, 1.82) is 5.26 Å². The maximum Gasteiger partial charge on any atom is 0.234 e. The summed E-state index contributed by atoms with van der Waals surface area (Å²) in [4.78, 5) is 31.3. The number of Topliss-reactive ketones (excluding diaryl/α,β-unsaturated/α-hetero) is 1. The molecule has 3 N–H and O–H groups in total. The average molecular weight is 564 g/mol. The summed E-state index contributed by atoms with van der Waals surface area (Å²) >= 11 is 8.47. The van der Waals surface area contributed by atoms with Gasteiger partial charge < -0.3 is 11.1 Å². The number of anilines is 2. The first-order chi connectivity index (χ1) is 18.4. The van der Waals surface area contributed by atoms with Crippen molar-refractivity contribution in [2.24, 2.45) is 5.73 Å². The Labute approximate surface area is 232 Å². The van der Waals surface area contributed by atoms with Crippen molar-refractivity contribution in [3.8, 4) is 6.07 Å². The lowest BCUT2D eigenvalue weighted by Crippen LogP contribution is -2.38. The monoisotopic (exact) mass is 563 g/mol. The first kappa shape index (κ1) is 25.9. The number of carbonyl (C=O) groups excluding carboxylic acids is 2. The highest BCUT2D eigenvalue weighted by Gasteiger charge is 2.41. The first-order valence-electron chi connectivity index (χ1n) is 11.8. The Kier molecular flexibility index (Phi) is 7.46. The Hall–Kier alpha value is -3.72. The molecule has 3 heterocycles. The van der Waals surface area contributed by atoms with Crippen molar-refractivity contribution in [3.05, 3.63) is 81.5 Å². The lowest BCUT2D eigenvalue weighted by Gasteiger charge is -2.38. The van der Waals surface area contributed by atoms with Crippen LogP contribution in [0, 0.1) is 18.3 Å². The van der Waals surface area contributed by atoms with Crippen LogP contribution >= 0.6 is 34.7 Å². The molecule has 0 bridgehead atoms. The molecule has 2 aliphatic rings. The van der Waals surface area contributed by atoms with Gasteiger partial charge in [0.05, 0.1) is 29.0 Å². The van der Waals surface area contributed by atoms with Gasteiger partial charge in [-0.3, -0.25) is 14.5 Å². The molecule has 0 spiro atoms. The number of halogens is 1. The second-order valence-electron chi connectivity index (χ2n) is 8.76. The molecule has 0 saturated heterocycles. The van der Waals surface area contributed by atoms with Crippen LogP contribution in [0.4, 0.5) is 10.8 Å². The number of rotatable bonds is 6. The number of allylic oxidation sites excluding steroid dienone is 3. The summed E-state index contributed by atoms with van der Waals surface area (Å²) < 4.78 is 0.545. The fourth-order valence-corrected chi connectivity index (χ4v) is 6.48. The van der Waals surface area contributed by atoms with Gasteiger partial charge in [-0.25, -0.2) is 4.98 Å². The van der Waals surface area contributed by atoms with E-state index >= 15 is 0 Å². The van der Waals surface area contributed by atoms with Crippen LogP contribution in [-0.2, 0) is 9.59 Å². The van der Waals surface area contributed by atoms with Crippen molar-refractivity contribution in [3.63, 3.8) is 0 Å². The quantitative estimate of drug-likeness (QED) is 0.315. The molecule has 38 heavy (non-hydrogen) atoms. The van der Waals surface area contributed by atoms with E-state index in [1.165, 1.54) is 29.3 Å². The van der Waals surface area contributed by atoms with E-state index in [-0.39, 0.29) is 28.4 Å². The number of nitrogens with one attached hydrogen (secondary N) is 1. The molecule has 1 aliphatic heterocycles. The van der Waals surface area contributed by atoms with Crippen LogP contribution in [0.2, 0.25) is 5.15 Å². The van der Waals surface area contributed by atoms with Crippen molar-refractivity contribution >= 4 is 57.2 Å². The third-order valence-electron chi connectivity index (χ3n) is 6.24. The van der Waals surface area contributed by atoms with Gasteiger partial charge in [-0.05, 0) is 37.5 Å². The molecule has 12 heteroatoms. The van der Waals surface area contributed by atoms with Crippen LogP contribution < -0.4 is 16.0 Å². The molecule has 192 valence electrons. The van der Waals surface area contributed by atoms with Gasteiger partial charge in [0, 0.05) is 23.9 Å². The molecule has 0 saturated carbocycles. The van der Waals surface area contributed by atoms with E-state index in [4.69, 9.17) is 17.3 Å². The van der Waals surface area contributed by atoms with Crippen LogP contribution in [0.15, 0.2) is 69.6 Å². The SMILES string of the molecule is Cc1cccc(C2C(C#N)=C(N)N(c3nnc(SCC(=O)Nc4cccnc4Cl)s3)C3=C2C(=O)CCC3)c1. The van der Waals surface area contributed by atoms with Crippen LogP contribution in [-0.4, -0.2) is 32.6 Å². The Morgan fingerprint density at radius 1 is 1.32 bits per heavy atom. The zero-order chi connectivity index (χ0) is 26.8. The van der Waals surface area contributed by atoms with Crippen molar-refractivity contribution < 1.29 is 9.59 Å². The second kappa shape index (κ2) is 10.9. The molecule has 3 aromatic rings. The van der Waals surface area contributed by atoms with Gasteiger partial charge in [0.25, 0.3) is 0 Å². The number of thioether (sulfide) groups is 1. The predicted molar refractivity (Wildman–Crippen MR) is 148 cm³/mol. The van der Waals surface area contributed by atoms with Crippen LogP contribution in [0.25, 0.3) is 0 Å². The van der Waals surface area contributed by atoms with Gasteiger partial charge in [0.1, 0.15) is 5.82 Å². The summed E-state index contributed by atoms with van der Waals surface area (Å²) in [6.07, 6.45) is 3.26. The smallest absolute Gasteiger partial charge is 0.234 e. The molecule has 5 rings (SSSR count). The number of nitrogens with zero attached hydrogens (tertiary/aromatic N) is 5. The van der Waals surface area contributed by atoms with Gasteiger partial charge in [-0.15, -0.1) is 10.2 Å². The van der Waals surface area contributed by atoms with Crippen molar-refractivity contribution in [1.82, 2.24) is 15.2 Å². The van der Waals surface area contributed by atoms with Crippen molar-refractivity contribution in [2.45, 2.75) is 36.4 Å². The van der Waals surface area contributed by atoms with E-state index < -0.39 is 5.92 Å². The van der Waals surface area contributed by atoms with Gasteiger partial charge in [0.15, 0.2) is 15.3 Å². The Morgan fingerprint density at radius 2 is 2.16 bits per heavy atom. The van der Waals surface area contributed by atoms with Crippen LogP contribution in [0.1, 0.15) is 36.3 Å². The number of nitrogens with two attached hydrogens (primary N) is 1. The lowest BCUT2D eigenvalue weighted by atomic mass is 9.75. The van der Waals surface area contributed by atoms with Gasteiger partial charge in [-0.1, -0.05) is 64.5 Å². The summed E-state index contributed by atoms with van der Waals surface area (Å²) in [6, 6.07) is 13.4. The van der Waals surface area contributed by atoms with Crippen molar-refractivity contribution in [2.75, 3.05) is 16.0 Å². The molecular weight excluding hydrogens is 542 g/mol. The molecule has 1 aromatic carbocycles. The largest absolute Gasteiger partial charge is 0.384 e. The highest BCUT2D eigenvalue weighted by molar-refractivity contribution is 8.01. The molecule has 9 nitrogen and oxygen atoms in total. The molecule has 1 atom stereocenters. The number of nitriles is 1. The molecule has 1 aliphatic carbocycles. The fraction of sp³-hybridized carbons (Fsp3) is 0.231. The summed E-state index contributed by atoms with van der Waals surface area (Å²) in [6.45, 7) is 1.97. The molecule has 2 aromatic heterocycles. The minimum atomic E-state index is -0.524. The zero-order valence-electron chi connectivity index (χ0n) is 20.3. The van der Waals surface area contributed by atoms with E-state index in [0.29, 0.717) is 45.6 Å².